The fourth-order valence-corrected chi connectivity index (χ4v) is 3.16. The molecule has 1 aliphatic carbocycles. The van der Waals surface area contributed by atoms with Gasteiger partial charge in [-0.25, -0.2) is 0 Å². The molecule has 0 aromatic heterocycles. The molecule has 1 aromatic rings. The van der Waals surface area contributed by atoms with Gasteiger partial charge in [-0.2, -0.15) is 0 Å². The minimum atomic E-state index is -0.293. The van der Waals surface area contributed by atoms with Gasteiger partial charge in [0.1, 0.15) is 17.5 Å². The predicted molar refractivity (Wildman–Crippen MR) is 92.3 cm³/mol. The predicted octanol–water partition coefficient (Wildman–Crippen LogP) is 3.30. The highest BCUT2D eigenvalue weighted by molar-refractivity contribution is 5.84. The van der Waals surface area contributed by atoms with Gasteiger partial charge in [0.05, 0.1) is 14.2 Å². The molecule has 1 saturated carbocycles. The van der Waals surface area contributed by atoms with Crippen LogP contribution in [-0.2, 0) is 4.79 Å². The van der Waals surface area contributed by atoms with Crippen molar-refractivity contribution < 1.29 is 14.3 Å². The summed E-state index contributed by atoms with van der Waals surface area (Å²) in [4.78, 5) is 14.6. The van der Waals surface area contributed by atoms with Crippen LogP contribution < -0.4 is 14.8 Å². The van der Waals surface area contributed by atoms with E-state index in [-0.39, 0.29) is 11.9 Å². The fourth-order valence-electron chi connectivity index (χ4n) is 3.16. The van der Waals surface area contributed by atoms with Gasteiger partial charge in [0, 0.05) is 37.0 Å². The lowest BCUT2D eigenvalue weighted by Gasteiger charge is -2.33. The number of ether oxygens (including phenoxy) is 2. The number of hydrogen-bond acceptors (Lipinski definition) is 4. The molecule has 0 spiro atoms. The zero-order valence-corrected chi connectivity index (χ0v) is 14.6. The topological polar surface area (TPSA) is 50.8 Å². The summed E-state index contributed by atoms with van der Waals surface area (Å²) >= 11 is 0. The number of benzene rings is 1. The average Bonchev–Trinajstić information content (AvgIpc) is 2.60. The standard InChI is InChI=1S/C18H28N2O3/c1-13(18(21)20(2)15-8-6-5-7-9-15)19-14-10-16(22-3)12-17(11-14)23-4/h10-13,15,19H,5-9H2,1-4H3/t13-/m0/s1. The summed E-state index contributed by atoms with van der Waals surface area (Å²) in [6.07, 6.45) is 5.95. The Bertz CT molecular complexity index is 505. The van der Waals surface area contributed by atoms with E-state index in [9.17, 15) is 4.79 Å². The molecule has 1 aromatic carbocycles. The summed E-state index contributed by atoms with van der Waals surface area (Å²) in [6, 6.07) is 5.63. The van der Waals surface area contributed by atoms with E-state index in [1.54, 1.807) is 14.2 Å². The van der Waals surface area contributed by atoms with Crippen LogP contribution in [0.3, 0.4) is 0 Å². The summed E-state index contributed by atoms with van der Waals surface area (Å²) in [6.45, 7) is 1.90. The van der Waals surface area contributed by atoms with Crippen LogP contribution in [0.15, 0.2) is 18.2 Å². The number of anilines is 1. The number of methoxy groups -OCH3 is 2. The minimum Gasteiger partial charge on any atom is -0.497 e. The van der Waals surface area contributed by atoms with E-state index in [0.717, 1.165) is 18.5 Å². The lowest BCUT2D eigenvalue weighted by atomic mass is 9.94. The third-order valence-corrected chi connectivity index (χ3v) is 4.58. The molecule has 1 atom stereocenters. The Labute approximate surface area is 139 Å². The number of nitrogens with zero attached hydrogens (tertiary/aromatic N) is 1. The quantitative estimate of drug-likeness (QED) is 0.874. The summed E-state index contributed by atoms with van der Waals surface area (Å²) < 4.78 is 10.5. The molecule has 0 aliphatic heterocycles. The Hall–Kier alpha value is -1.91. The first kappa shape index (κ1) is 17.4. The van der Waals surface area contributed by atoms with Gasteiger partial charge in [0.25, 0.3) is 0 Å². The van der Waals surface area contributed by atoms with E-state index in [2.05, 4.69) is 5.32 Å². The van der Waals surface area contributed by atoms with Crippen molar-refractivity contribution >= 4 is 11.6 Å². The maximum Gasteiger partial charge on any atom is 0.244 e. The normalized spacial score (nSPS) is 16.5. The van der Waals surface area contributed by atoms with Gasteiger partial charge in [0.15, 0.2) is 0 Å². The van der Waals surface area contributed by atoms with Crippen molar-refractivity contribution in [2.75, 3.05) is 26.6 Å². The van der Waals surface area contributed by atoms with Gasteiger partial charge in [0.2, 0.25) is 5.91 Å². The number of hydrogen-bond donors (Lipinski definition) is 1. The molecule has 0 radical (unpaired) electrons. The summed E-state index contributed by atoms with van der Waals surface area (Å²) in [5.41, 5.74) is 0.819. The first-order valence-electron chi connectivity index (χ1n) is 8.31. The second kappa shape index (κ2) is 8.09. The Kier molecular flexibility index (Phi) is 6.13. The van der Waals surface area contributed by atoms with Crippen LogP contribution in [0.1, 0.15) is 39.0 Å². The maximum atomic E-state index is 12.7. The third kappa shape index (κ3) is 4.53. The molecule has 2 rings (SSSR count). The zero-order chi connectivity index (χ0) is 16.8. The van der Waals surface area contributed by atoms with Crippen LogP contribution in [0, 0.1) is 0 Å². The molecule has 1 amide bonds. The Morgan fingerprint density at radius 3 is 2.22 bits per heavy atom. The number of rotatable bonds is 6. The van der Waals surface area contributed by atoms with E-state index in [0.29, 0.717) is 17.5 Å². The largest absolute Gasteiger partial charge is 0.497 e. The number of amides is 1. The van der Waals surface area contributed by atoms with Gasteiger partial charge in [-0.05, 0) is 19.8 Å². The molecule has 0 bridgehead atoms. The second-order valence-corrected chi connectivity index (χ2v) is 6.21. The number of carbonyl (C=O) groups is 1. The van der Waals surface area contributed by atoms with Crippen LogP contribution >= 0.6 is 0 Å². The van der Waals surface area contributed by atoms with Crippen molar-refractivity contribution in [1.82, 2.24) is 4.90 Å². The summed E-state index contributed by atoms with van der Waals surface area (Å²) in [5.74, 6) is 1.53. The van der Waals surface area contributed by atoms with Crippen LogP contribution in [0.2, 0.25) is 0 Å². The molecule has 5 nitrogen and oxygen atoms in total. The van der Waals surface area contributed by atoms with Crippen molar-refractivity contribution in [1.29, 1.82) is 0 Å². The fraction of sp³-hybridized carbons (Fsp3) is 0.611. The molecule has 0 unspecified atom stereocenters. The first-order valence-corrected chi connectivity index (χ1v) is 8.31. The SMILES string of the molecule is COc1cc(N[C@@H](C)C(=O)N(C)C2CCCCC2)cc(OC)c1. The van der Waals surface area contributed by atoms with E-state index in [1.165, 1.54) is 19.3 Å². The third-order valence-electron chi connectivity index (χ3n) is 4.58. The lowest BCUT2D eigenvalue weighted by molar-refractivity contribution is -0.133. The van der Waals surface area contributed by atoms with Gasteiger partial charge in [-0.15, -0.1) is 0 Å². The Balaban J connectivity index is 2.02. The monoisotopic (exact) mass is 320 g/mol. The zero-order valence-electron chi connectivity index (χ0n) is 14.6. The van der Waals surface area contributed by atoms with Gasteiger partial charge in [-0.3, -0.25) is 4.79 Å². The molecule has 1 aliphatic rings. The van der Waals surface area contributed by atoms with Crippen molar-refractivity contribution in [3.8, 4) is 11.5 Å². The minimum absolute atomic E-state index is 0.124. The number of carbonyl (C=O) groups excluding carboxylic acids is 1. The summed E-state index contributed by atoms with van der Waals surface area (Å²) in [7, 11) is 5.15. The van der Waals surface area contributed by atoms with Crippen LogP contribution in [0.25, 0.3) is 0 Å². The second-order valence-electron chi connectivity index (χ2n) is 6.21. The molecule has 1 N–H and O–H groups in total. The molecule has 0 heterocycles. The van der Waals surface area contributed by atoms with Gasteiger partial charge >= 0.3 is 0 Å². The van der Waals surface area contributed by atoms with Gasteiger partial charge in [-0.1, -0.05) is 19.3 Å². The number of likely N-dealkylation sites (N-methyl/N-ethyl adjacent to an activating group) is 1. The van der Waals surface area contributed by atoms with E-state index in [1.807, 2.05) is 37.1 Å². The van der Waals surface area contributed by atoms with E-state index >= 15 is 0 Å². The van der Waals surface area contributed by atoms with Crippen molar-refractivity contribution in [2.45, 2.75) is 51.1 Å². The Morgan fingerprint density at radius 1 is 1.13 bits per heavy atom. The molecule has 23 heavy (non-hydrogen) atoms. The molecule has 0 saturated heterocycles. The van der Waals surface area contributed by atoms with Gasteiger partial charge < -0.3 is 19.7 Å². The molecule has 5 heteroatoms. The van der Waals surface area contributed by atoms with Crippen molar-refractivity contribution in [2.24, 2.45) is 0 Å². The highest BCUT2D eigenvalue weighted by Crippen LogP contribution is 2.27. The van der Waals surface area contributed by atoms with Crippen LogP contribution in [0.5, 0.6) is 11.5 Å². The Morgan fingerprint density at radius 2 is 1.70 bits per heavy atom. The molecular formula is C18H28N2O3. The van der Waals surface area contributed by atoms with Crippen molar-refractivity contribution in [3.05, 3.63) is 18.2 Å². The lowest BCUT2D eigenvalue weighted by Crippen LogP contribution is -2.45. The van der Waals surface area contributed by atoms with Crippen LogP contribution in [-0.4, -0.2) is 44.2 Å². The molecular weight excluding hydrogens is 292 g/mol. The average molecular weight is 320 g/mol. The van der Waals surface area contributed by atoms with E-state index in [4.69, 9.17) is 9.47 Å². The molecule has 128 valence electrons. The van der Waals surface area contributed by atoms with E-state index < -0.39 is 0 Å². The first-order chi connectivity index (χ1) is 11.0. The maximum absolute atomic E-state index is 12.7. The highest BCUT2D eigenvalue weighted by Gasteiger charge is 2.25. The smallest absolute Gasteiger partial charge is 0.244 e. The van der Waals surface area contributed by atoms with Crippen molar-refractivity contribution in [3.63, 3.8) is 0 Å². The summed E-state index contributed by atoms with van der Waals surface area (Å²) in [5, 5.41) is 3.26. The molecule has 1 fully saturated rings. The highest BCUT2D eigenvalue weighted by atomic mass is 16.5. The number of nitrogens with one attached hydrogen (secondary N) is 1. The van der Waals surface area contributed by atoms with Crippen LogP contribution in [0.4, 0.5) is 5.69 Å².